The Kier molecular flexibility index (Phi) is 7.85. The summed E-state index contributed by atoms with van der Waals surface area (Å²) in [6.07, 6.45) is 0. The summed E-state index contributed by atoms with van der Waals surface area (Å²) >= 11 is 0. The van der Waals surface area contributed by atoms with Gasteiger partial charge in [-0.3, -0.25) is 9.89 Å². The molecule has 0 amide bonds. The molecule has 0 aliphatic carbocycles. The van der Waals surface area contributed by atoms with Crippen LogP contribution in [0.1, 0.15) is 25.0 Å². The second-order valence-electron chi connectivity index (χ2n) is 7.75. The van der Waals surface area contributed by atoms with Crippen LogP contribution in [0.3, 0.4) is 0 Å². The maximum atomic E-state index is 13.9. The minimum absolute atomic E-state index is 0.145. The van der Waals surface area contributed by atoms with E-state index in [1.54, 1.807) is 6.07 Å². The Bertz CT molecular complexity index is 592. The second kappa shape index (κ2) is 9.88. The van der Waals surface area contributed by atoms with E-state index in [0.29, 0.717) is 19.0 Å². The Labute approximate surface area is 157 Å². The number of hydrogen-bond donors (Lipinski definition) is 1. The topological polar surface area (TPSA) is 34.1 Å². The zero-order chi connectivity index (χ0) is 19.1. The molecule has 0 radical (unpaired) electrons. The van der Waals surface area contributed by atoms with Crippen molar-refractivity contribution in [3.05, 3.63) is 35.1 Å². The predicted molar refractivity (Wildman–Crippen MR) is 107 cm³/mol. The molecule has 0 unspecified atom stereocenters. The van der Waals surface area contributed by atoms with Crippen LogP contribution in [0.25, 0.3) is 0 Å². The standard InChI is InChI=1S/C20H34FN5/c1-16(2)14-25-8-10-26(11-9-25)20(22-3)23-13-17-6-7-19(21)18(12-17)15-24(4)5/h6-7,12,16H,8-11,13-15H2,1-5H3,(H,22,23). The summed E-state index contributed by atoms with van der Waals surface area (Å²) in [7, 11) is 5.72. The highest BCUT2D eigenvalue weighted by molar-refractivity contribution is 5.80. The van der Waals surface area contributed by atoms with E-state index in [4.69, 9.17) is 0 Å². The molecule has 0 atom stereocenters. The number of nitrogens with one attached hydrogen (secondary N) is 1. The summed E-state index contributed by atoms with van der Waals surface area (Å²) in [5.74, 6) is 1.48. The second-order valence-corrected chi connectivity index (χ2v) is 7.75. The third-order valence-electron chi connectivity index (χ3n) is 4.55. The van der Waals surface area contributed by atoms with E-state index in [1.807, 2.05) is 38.2 Å². The average molecular weight is 364 g/mol. The van der Waals surface area contributed by atoms with Crippen molar-refractivity contribution in [2.45, 2.75) is 26.9 Å². The number of nitrogens with zero attached hydrogens (tertiary/aromatic N) is 4. The molecule has 1 N–H and O–H groups in total. The van der Waals surface area contributed by atoms with Crippen LogP contribution in [0.5, 0.6) is 0 Å². The molecule has 0 bridgehead atoms. The van der Waals surface area contributed by atoms with Crippen LogP contribution >= 0.6 is 0 Å². The van der Waals surface area contributed by atoms with Crippen molar-refractivity contribution < 1.29 is 4.39 Å². The first-order valence-electron chi connectivity index (χ1n) is 9.49. The lowest BCUT2D eigenvalue weighted by molar-refractivity contribution is 0.164. The predicted octanol–water partition coefficient (Wildman–Crippen LogP) is 2.24. The number of guanidine groups is 1. The molecule has 1 saturated heterocycles. The zero-order valence-electron chi connectivity index (χ0n) is 16.9. The molecule has 1 aromatic rings. The number of halogens is 1. The number of piperazine rings is 1. The quantitative estimate of drug-likeness (QED) is 0.621. The molecule has 6 heteroatoms. The molecule has 0 saturated carbocycles. The third-order valence-corrected chi connectivity index (χ3v) is 4.55. The molecule has 5 nitrogen and oxygen atoms in total. The highest BCUT2D eigenvalue weighted by Crippen LogP contribution is 2.13. The Morgan fingerprint density at radius 1 is 1.23 bits per heavy atom. The van der Waals surface area contributed by atoms with Crippen molar-refractivity contribution in [1.29, 1.82) is 0 Å². The van der Waals surface area contributed by atoms with Gasteiger partial charge < -0.3 is 15.1 Å². The summed E-state index contributed by atoms with van der Waals surface area (Å²) in [5, 5.41) is 3.43. The molecule has 146 valence electrons. The lowest BCUT2D eigenvalue weighted by Crippen LogP contribution is -2.52. The number of hydrogen-bond acceptors (Lipinski definition) is 3. The summed E-state index contributed by atoms with van der Waals surface area (Å²) in [5.41, 5.74) is 1.80. The molecule has 1 aliphatic heterocycles. The Balaban J connectivity index is 1.89. The first kappa shape index (κ1) is 20.6. The zero-order valence-corrected chi connectivity index (χ0v) is 16.9. The van der Waals surface area contributed by atoms with E-state index in [-0.39, 0.29) is 5.82 Å². The van der Waals surface area contributed by atoms with Gasteiger partial charge in [0.25, 0.3) is 0 Å². The fourth-order valence-electron chi connectivity index (χ4n) is 3.37. The van der Waals surface area contributed by atoms with E-state index >= 15 is 0 Å². The van der Waals surface area contributed by atoms with Gasteiger partial charge >= 0.3 is 0 Å². The van der Waals surface area contributed by atoms with Crippen LogP contribution < -0.4 is 5.32 Å². The largest absolute Gasteiger partial charge is 0.352 e. The smallest absolute Gasteiger partial charge is 0.194 e. The first-order chi connectivity index (χ1) is 12.4. The van der Waals surface area contributed by atoms with Gasteiger partial charge in [0.15, 0.2) is 5.96 Å². The lowest BCUT2D eigenvalue weighted by Gasteiger charge is -2.37. The maximum Gasteiger partial charge on any atom is 0.194 e. The minimum Gasteiger partial charge on any atom is -0.352 e. The van der Waals surface area contributed by atoms with Crippen LogP contribution in [0.15, 0.2) is 23.2 Å². The van der Waals surface area contributed by atoms with E-state index in [2.05, 4.69) is 34.0 Å². The fraction of sp³-hybridized carbons (Fsp3) is 0.650. The Morgan fingerprint density at radius 3 is 2.50 bits per heavy atom. The fourth-order valence-corrected chi connectivity index (χ4v) is 3.37. The van der Waals surface area contributed by atoms with Gasteiger partial charge in [-0.2, -0.15) is 0 Å². The molecule has 1 fully saturated rings. The van der Waals surface area contributed by atoms with Gasteiger partial charge in [0.1, 0.15) is 5.82 Å². The van der Waals surface area contributed by atoms with Gasteiger partial charge in [-0.1, -0.05) is 19.9 Å². The van der Waals surface area contributed by atoms with E-state index in [9.17, 15) is 4.39 Å². The van der Waals surface area contributed by atoms with Crippen LogP contribution in [-0.2, 0) is 13.1 Å². The monoisotopic (exact) mass is 363 g/mol. The van der Waals surface area contributed by atoms with Crippen LogP contribution in [0, 0.1) is 11.7 Å². The van der Waals surface area contributed by atoms with Gasteiger partial charge in [0.2, 0.25) is 0 Å². The van der Waals surface area contributed by atoms with Crippen molar-refractivity contribution in [3.8, 4) is 0 Å². The Morgan fingerprint density at radius 2 is 1.92 bits per heavy atom. The molecule has 26 heavy (non-hydrogen) atoms. The van der Waals surface area contributed by atoms with Crippen molar-refractivity contribution in [2.75, 3.05) is 53.9 Å². The summed E-state index contributed by atoms with van der Waals surface area (Å²) in [6.45, 7) is 11.1. The van der Waals surface area contributed by atoms with Gasteiger partial charge in [0.05, 0.1) is 0 Å². The van der Waals surface area contributed by atoms with E-state index in [1.165, 1.54) is 0 Å². The summed E-state index contributed by atoms with van der Waals surface area (Å²) in [4.78, 5) is 11.2. The molecule has 0 aromatic heterocycles. The highest BCUT2D eigenvalue weighted by atomic mass is 19.1. The van der Waals surface area contributed by atoms with E-state index < -0.39 is 0 Å². The van der Waals surface area contributed by atoms with Crippen molar-refractivity contribution >= 4 is 5.96 Å². The molecular weight excluding hydrogens is 329 g/mol. The summed E-state index contributed by atoms with van der Waals surface area (Å²) in [6, 6.07) is 5.34. The van der Waals surface area contributed by atoms with Crippen LogP contribution in [0.4, 0.5) is 4.39 Å². The van der Waals surface area contributed by atoms with Gasteiger partial charge in [-0.25, -0.2) is 4.39 Å². The van der Waals surface area contributed by atoms with Crippen LogP contribution in [-0.4, -0.2) is 74.5 Å². The first-order valence-corrected chi connectivity index (χ1v) is 9.49. The molecule has 2 rings (SSSR count). The van der Waals surface area contributed by atoms with Crippen LogP contribution in [0.2, 0.25) is 0 Å². The van der Waals surface area contributed by atoms with E-state index in [0.717, 1.165) is 49.8 Å². The number of rotatable bonds is 6. The molecular formula is C20H34FN5. The molecule has 1 aromatic carbocycles. The molecule has 1 aliphatic rings. The Hall–Kier alpha value is -1.66. The van der Waals surface area contributed by atoms with Crippen molar-refractivity contribution in [2.24, 2.45) is 10.9 Å². The SMILES string of the molecule is CN=C(NCc1ccc(F)c(CN(C)C)c1)N1CCN(CC(C)C)CC1. The highest BCUT2D eigenvalue weighted by Gasteiger charge is 2.19. The maximum absolute atomic E-state index is 13.9. The lowest BCUT2D eigenvalue weighted by atomic mass is 10.1. The average Bonchev–Trinajstić information content (AvgIpc) is 2.58. The third kappa shape index (κ3) is 6.25. The van der Waals surface area contributed by atoms with Gasteiger partial charge in [-0.05, 0) is 37.7 Å². The molecule has 1 heterocycles. The number of benzene rings is 1. The van der Waals surface area contributed by atoms with Gasteiger partial charge in [0, 0.05) is 58.4 Å². The summed E-state index contributed by atoms with van der Waals surface area (Å²) < 4.78 is 13.9. The van der Waals surface area contributed by atoms with Crippen molar-refractivity contribution in [1.82, 2.24) is 20.0 Å². The number of aliphatic imine (C=N–C) groups is 1. The normalized spacial score (nSPS) is 16.6. The minimum atomic E-state index is -0.145. The van der Waals surface area contributed by atoms with Crippen molar-refractivity contribution in [3.63, 3.8) is 0 Å². The molecule has 0 spiro atoms. The van der Waals surface area contributed by atoms with Gasteiger partial charge in [-0.15, -0.1) is 0 Å².